The van der Waals surface area contributed by atoms with Crippen LogP contribution in [0.4, 0.5) is 0 Å². The van der Waals surface area contributed by atoms with E-state index < -0.39 is 0 Å². The van der Waals surface area contributed by atoms with Crippen LogP contribution in [0.2, 0.25) is 0 Å². The molecule has 0 bridgehead atoms. The molecule has 0 saturated heterocycles. The van der Waals surface area contributed by atoms with E-state index in [1.807, 2.05) is 30.3 Å². The van der Waals surface area contributed by atoms with Crippen LogP contribution in [0.25, 0.3) is 21.5 Å². The SMILES string of the molecule is Cc1ccc2c(OCCOc3ccccc3)c3ccccc3cc2c1. The number of hydrogen-bond acceptors (Lipinski definition) is 2. The van der Waals surface area contributed by atoms with Gasteiger partial charge in [-0.25, -0.2) is 0 Å². The summed E-state index contributed by atoms with van der Waals surface area (Å²) < 4.78 is 11.9. The molecular formula is C23H20O2. The quantitative estimate of drug-likeness (QED) is 0.342. The molecule has 0 N–H and O–H groups in total. The fraction of sp³-hybridized carbons (Fsp3) is 0.130. The third-order valence-corrected chi connectivity index (χ3v) is 4.31. The summed E-state index contributed by atoms with van der Waals surface area (Å²) >= 11 is 0. The van der Waals surface area contributed by atoms with Crippen LogP contribution in [-0.4, -0.2) is 13.2 Å². The molecule has 0 saturated carbocycles. The molecule has 2 nitrogen and oxygen atoms in total. The number of para-hydroxylation sites is 1. The van der Waals surface area contributed by atoms with Crippen LogP contribution in [0.15, 0.2) is 78.9 Å². The molecule has 0 aliphatic rings. The minimum absolute atomic E-state index is 0.506. The van der Waals surface area contributed by atoms with Crippen molar-refractivity contribution in [3.05, 3.63) is 84.4 Å². The van der Waals surface area contributed by atoms with Crippen molar-refractivity contribution in [1.82, 2.24) is 0 Å². The van der Waals surface area contributed by atoms with E-state index in [0.717, 1.165) is 22.3 Å². The number of hydrogen-bond donors (Lipinski definition) is 0. The topological polar surface area (TPSA) is 18.5 Å². The van der Waals surface area contributed by atoms with Gasteiger partial charge in [-0.15, -0.1) is 0 Å². The molecule has 0 spiro atoms. The van der Waals surface area contributed by atoms with E-state index in [9.17, 15) is 0 Å². The first-order valence-corrected chi connectivity index (χ1v) is 8.54. The van der Waals surface area contributed by atoms with E-state index in [1.165, 1.54) is 16.3 Å². The first-order chi connectivity index (χ1) is 12.3. The zero-order valence-corrected chi connectivity index (χ0v) is 14.2. The Labute approximate surface area is 147 Å². The molecule has 25 heavy (non-hydrogen) atoms. The molecule has 2 heteroatoms. The highest BCUT2D eigenvalue weighted by atomic mass is 16.5. The minimum Gasteiger partial charge on any atom is -0.490 e. The lowest BCUT2D eigenvalue weighted by molar-refractivity contribution is 0.220. The Hall–Kier alpha value is -3.00. The van der Waals surface area contributed by atoms with Crippen molar-refractivity contribution in [3.8, 4) is 11.5 Å². The van der Waals surface area contributed by atoms with Gasteiger partial charge < -0.3 is 9.47 Å². The van der Waals surface area contributed by atoms with Gasteiger partial charge in [-0.05, 0) is 35.9 Å². The van der Waals surface area contributed by atoms with Crippen LogP contribution >= 0.6 is 0 Å². The second-order valence-corrected chi connectivity index (χ2v) is 6.16. The highest BCUT2D eigenvalue weighted by molar-refractivity contribution is 6.05. The Morgan fingerprint density at radius 1 is 0.640 bits per heavy atom. The highest BCUT2D eigenvalue weighted by Crippen LogP contribution is 2.35. The van der Waals surface area contributed by atoms with Gasteiger partial charge >= 0.3 is 0 Å². The summed E-state index contributed by atoms with van der Waals surface area (Å²) in [5.41, 5.74) is 1.25. The maximum absolute atomic E-state index is 6.17. The second-order valence-electron chi connectivity index (χ2n) is 6.16. The summed E-state index contributed by atoms with van der Waals surface area (Å²) in [6.07, 6.45) is 0. The van der Waals surface area contributed by atoms with Gasteiger partial charge in [-0.1, -0.05) is 66.2 Å². The largest absolute Gasteiger partial charge is 0.490 e. The summed E-state index contributed by atoms with van der Waals surface area (Å²) in [5.74, 6) is 1.80. The van der Waals surface area contributed by atoms with Crippen molar-refractivity contribution in [2.75, 3.05) is 13.2 Å². The third-order valence-electron chi connectivity index (χ3n) is 4.31. The van der Waals surface area contributed by atoms with E-state index >= 15 is 0 Å². The van der Waals surface area contributed by atoms with E-state index in [0.29, 0.717) is 13.2 Å². The van der Waals surface area contributed by atoms with Gasteiger partial charge in [0.1, 0.15) is 24.7 Å². The van der Waals surface area contributed by atoms with Gasteiger partial charge in [0.15, 0.2) is 0 Å². The van der Waals surface area contributed by atoms with Crippen LogP contribution in [0.5, 0.6) is 11.5 Å². The first kappa shape index (κ1) is 15.5. The van der Waals surface area contributed by atoms with Gasteiger partial charge in [0.2, 0.25) is 0 Å². The van der Waals surface area contributed by atoms with Crippen molar-refractivity contribution in [1.29, 1.82) is 0 Å². The Bertz CT molecular complexity index is 1010. The zero-order valence-electron chi connectivity index (χ0n) is 14.2. The summed E-state index contributed by atoms with van der Waals surface area (Å²) in [4.78, 5) is 0. The molecule has 0 aromatic heterocycles. The predicted octanol–water partition coefficient (Wildman–Crippen LogP) is 5.76. The monoisotopic (exact) mass is 328 g/mol. The molecule has 0 amide bonds. The molecule has 4 aromatic carbocycles. The fourth-order valence-electron chi connectivity index (χ4n) is 3.13. The van der Waals surface area contributed by atoms with Gasteiger partial charge in [0.05, 0.1) is 0 Å². The lowest BCUT2D eigenvalue weighted by atomic mass is 10.0. The second kappa shape index (κ2) is 6.86. The molecule has 0 atom stereocenters. The van der Waals surface area contributed by atoms with E-state index in [4.69, 9.17) is 9.47 Å². The molecule has 4 rings (SSSR count). The summed E-state index contributed by atoms with van der Waals surface area (Å²) in [6.45, 7) is 3.13. The average molecular weight is 328 g/mol. The van der Waals surface area contributed by atoms with Crippen molar-refractivity contribution in [2.45, 2.75) is 6.92 Å². The molecule has 0 radical (unpaired) electrons. The molecule has 0 heterocycles. The smallest absolute Gasteiger partial charge is 0.135 e. The van der Waals surface area contributed by atoms with E-state index in [2.05, 4.69) is 55.5 Å². The third kappa shape index (κ3) is 3.29. The van der Waals surface area contributed by atoms with Gasteiger partial charge in [0.25, 0.3) is 0 Å². The Morgan fingerprint density at radius 2 is 1.36 bits per heavy atom. The van der Waals surface area contributed by atoms with Crippen LogP contribution in [0, 0.1) is 6.92 Å². The lowest BCUT2D eigenvalue weighted by Crippen LogP contribution is -2.09. The maximum Gasteiger partial charge on any atom is 0.135 e. The van der Waals surface area contributed by atoms with Crippen LogP contribution in [0.1, 0.15) is 5.56 Å². The Morgan fingerprint density at radius 3 is 2.24 bits per heavy atom. The maximum atomic E-state index is 6.17. The molecule has 0 unspecified atom stereocenters. The highest BCUT2D eigenvalue weighted by Gasteiger charge is 2.09. The lowest BCUT2D eigenvalue weighted by Gasteiger charge is -2.14. The van der Waals surface area contributed by atoms with Crippen LogP contribution in [-0.2, 0) is 0 Å². The van der Waals surface area contributed by atoms with Crippen molar-refractivity contribution < 1.29 is 9.47 Å². The van der Waals surface area contributed by atoms with Crippen LogP contribution < -0.4 is 9.47 Å². The predicted molar refractivity (Wildman–Crippen MR) is 104 cm³/mol. The van der Waals surface area contributed by atoms with Crippen molar-refractivity contribution in [3.63, 3.8) is 0 Å². The molecule has 0 aliphatic carbocycles. The summed E-state index contributed by atoms with van der Waals surface area (Å²) in [7, 11) is 0. The molecular weight excluding hydrogens is 308 g/mol. The number of aryl methyl sites for hydroxylation is 1. The molecule has 0 aliphatic heterocycles. The summed E-state index contributed by atoms with van der Waals surface area (Å²) in [5, 5.41) is 4.68. The van der Waals surface area contributed by atoms with Gasteiger partial charge in [-0.2, -0.15) is 0 Å². The Balaban J connectivity index is 1.62. The number of rotatable bonds is 5. The van der Waals surface area contributed by atoms with Gasteiger partial charge in [-0.3, -0.25) is 0 Å². The first-order valence-electron chi connectivity index (χ1n) is 8.54. The molecule has 0 fully saturated rings. The average Bonchev–Trinajstić information content (AvgIpc) is 2.65. The molecule has 4 aromatic rings. The van der Waals surface area contributed by atoms with Gasteiger partial charge in [0, 0.05) is 10.8 Å². The number of fused-ring (bicyclic) bond motifs is 2. The normalized spacial score (nSPS) is 10.9. The van der Waals surface area contributed by atoms with E-state index in [-0.39, 0.29) is 0 Å². The number of benzene rings is 4. The summed E-state index contributed by atoms with van der Waals surface area (Å²) in [6, 6.07) is 26.9. The zero-order chi connectivity index (χ0) is 17.1. The van der Waals surface area contributed by atoms with Crippen molar-refractivity contribution >= 4 is 21.5 Å². The van der Waals surface area contributed by atoms with E-state index in [1.54, 1.807) is 0 Å². The standard InChI is InChI=1S/C23H20O2/c1-17-11-12-22-19(15-17)16-18-7-5-6-10-21(18)23(22)25-14-13-24-20-8-3-2-4-9-20/h2-12,15-16H,13-14H2,1H3. The number of ether oxygens (including phenoxy) is 2. The molecule has 124 valence electrons. The minimum atomic E-state index is 0.506. The van der Waals surface area contributed by atoms with Crippen LogP contribution in [0.3, 0.4) is 0 Å². The Kier molecular flexibility index (Phi) is 4.26. The van der Waals surface area contributed by atoms with Crippen molar-refractivity contribution in [2.24, 2.45) is 0 Å². The fourth-order valence-corrected chi connectivity index (χ4v) is 3.13.